The van der Waals surface area contributed by atoms with E-state index in [0.717, 1.165) is 10.0 Å². The van der Waals surface area contributed by atoms with Gasteiger partial charge in [0.05, 0.1) is 10.6 Å². The smallest absolute Gasteiger partial charge is 0.177 e. The Bertz CT molecular complexity index is 802. The van der Waals surface area contributed by atoms with Crippen LogP contribution in [0.4, 0.5) is 10.2 Å². The standard InChI is InChI=1S/C15H9BrClFN2O/c16-9-6-4-8(5-7-9)14-12(15(19)20-21-14)10-2-1-3-11(17)13(10)18/h1-7H,(H2,19,20). The number of anilines is 1. The maximum absolute atomic E-state index is 14.2. The predicted octanol–water partition coefficient (Wildman–Crippen LogP) is 5.15. The Hall–Kier alpha value is -1.85. The van der Waals surface area contributed by atoms with Crippen molar-refractivity contribution in [3.63, 3.8) is 0 Å². The van der Waals surface area contributed by atoms with Crippen LogP contribution < -0.4 is 5.73 Å². The largest absolute Gasteiger partial charge is 0.380 e. The molecule has 6 heteroatoms. The maximum Gasteiger partial charge on any atom is 0.177 e. The van der Waals surface area contributed by atoms with Crippen molar-refractivity contribution in [2.45, 2.75) is 0 Å². The van der Waals surface area contributed by atoms with E-state index in [0.29, 0.717) is 11.3 Å². The van der Waals surface area contributed by atoms with E-state index in [1.54, 1.807) is 12.1 Å². The summed E-state index contributed by atoms with van der Waals surface area (Å²) in [7, 11) is 0. The van der Waals surface area contributed by atoms with Crippen LogP contribution in [0.3, 0.4) is 0 Å². The first-order valence-electron chi connectivity index (χ1n) is 6.03. The monoisotopic (exact) mass is 366 g/mol. The van der Waals surface area contributed by atoms with Crippen molar-refractivity contribution in [1.82, 2.24) is 5.16 Å². The van der Waals surface area contributed by atoms with E-state index in [1.165, 1.54) is 6.07 Å². The van der Waals surface area contributed by atoms with Crippen LogP contribution in [0.25, 0.3) is 22.5 Å². The number of rotatable bonds is 2. The molecule has 3 aromatic rings. The molecule has 1 heterocycles. The van der Waals surface area contributed by atoms with Crippen molar-refractivity contribution >= 4 is 33.3 Å². The lowest BCUT2D eigenvalue weighted by Crippen LogP contribution is -1.92. The molecule has 106 valence electrons. The minimum atomic E-state index is -0.549. The SMILES string of the molecule is Nc1noc(-c2ccc(Br)cc2)c1-c1cccc(Cl)c1F. The second kappa shape index (κ2) is 5.50. The molecule has 3 rings (SSSR count). The number of halogens is 3. The van der Waals surface area contributed by atoms with Gasteiger partial charge in [0.2, 0.25) is 0 Å². The number of nitrogens with zero attached hydrogens (tertiary/aromatic N) is 1. The van der Waals surface area contributed by atoms with Gasteiger partial charge in [-0.3, -0.25) is 0 Å². The molecular weight excluding hydrogens is 359 g/mol. The van der Waals surface area contributed by atoms with E-state index in [-0.39, 0.29) is 16.4 Å². The molecule has 2 N–H and O–H groups in total. The number of hydrogen-bond acceptors (Lipinski definition) is 3. The number of nitrogens with two attached hydrogens (primary N) is 1. The number of nitrogen functional groups attached to an aromatic ring is 1. The molecule has 0 radical (unpaired) electrons. The van der Waals surface area contributed by atoms with Crippen LogP contribution in [-0.4, -0.2) is 5.16 Å². The molecule has 2 aromatic carbocycles. The Morgan fingerprint density at radius 2 is 1.86 bits per heavy atom. The highest BCUT2D eigenvalue weighted by atomic mass is 79.9. The van der Waals surface area contributed by atoms with E-state index < -0.39 is 5.82 Å². The van der Waals surface area contributed by atoms with Crippen molar-refractivity contribution < 1.29 is 8.91 Å². The van der Waals surface area contributed by atoms with E-state index in [1.807, 2.05) is 24.3 Å². The summed E-state index contributed by atoms with van der Waals surface area (Å²) in [6, 6.07) is 12.1. The molecule has 21 heavy (non-hydrogen) atoms. The number of benzene rings is 2. The Balaban J connectivity index is 2.22. The van der Waals surface area contributed by atoms with Gasteiger partial charge in [-0.25, -0.2) is 4.39 Å². The van der Waals surface area contributed by atoms with Crippen LogP contribution in [0.15, 0.2) is 51.5 Å². The summed E-state index contributed by atoms with van der Waals surface area (Å²) in [6.45, 7) is 0. The lowest BCUT2D eigenvalue weighted by molar-refractivity contribution is 0.436. The zero-order chi connectivity index (χ0) is 15.0. The van der Waals surface area contributed by atoms with E-state index in [2.05, 4.69) is 21.1 Å². The van der Waals surface area contributed by atoms with Gasteiger partial charge in [-0.15, -0.1) is 0 Å². The third-order valence-corrected chi connectivity index (χ3v) is 3.87. The molecule has 0 unspecified atom stereocenters. The average molecular weight is 368 g/mol. The van der Waals surface area contributed by atoms with Crippen LogP contribution in [0.2, 0.25) is 5.02 Å². The molecule has 0 amide bonds. The first-order chi connectivity index (χ1) is 10.1. The normalized spacial score (nSPS) is 10.8. The number of hydrogen-bond donors (Lipinski definition) is 1. The van der Waals surface area contributed by atoms with Crippen molar-refractivity contribution in [2.75, 3.05) is 5.73 Å². The van der Waals surface area contributed by atoms with Gasteiger partial charge in [0.25, 0.3) is 0 Å². The van der Waals surface area contributed by atoms with Gasteiger partial charge in [0, 0.05) is 15.6 Å². The highest BCUT2D eigenvalue weighted by Crippen LogP contribution is 2.39. The van der Waals surface area contributed by atoms with Gasteiger partial charge < -0.3 is 10.3 Å². The summed E-state index contributed by atoms with van der Waals surface area (Å²) in [4.78, 5) is 0. The third-order valence-electron chi connectivity index (χ3n) is 3.05. The summed E-state index contributed by atoms with van der Waals surface area (Å²) in [5.41, 5.74) is 7.25. The second-order valence-electron chi connectivity index (χ2n) is 4.38. The van der Waals surface area contributed by atoms with Crippen molar-refractivity contribution in [2.24, 2.45) is 0 Å². The topological polar surface area (TPSA) is 52.0 Å². The summed E-state index contributed by atoms with van der Waals surface area (Å²) in [6.07, 6.45) is 0. The second-order valence-corrected chi connectivity index (χ2v) is 5.70. The van der Waals surface area contributed by atoms with E-state index in [4.69, 9.17) is 21.9 Å². The summed E-state index contributed by atoms with van der Waals surface area (Å²) in [5, 5.41) is 3.77. The molecule has 0 fully saturated rings. The van der Waals surface area contributed by atoms with Crippen LogP contribution in [-0.2, 0) is 0 Å². The van der Waals surface area contributed by atoms with Gasteiger partial charge in [-0.1, -0.05) is 44.8 Å². The van der Waals surface area contributed by atoms with Gasteiger partial charge >= 0.3 is 0 Å². The van der Waals surface area contributed by atoms with Crippen LogP contribution in [0, 0.1) is 5.82 Å². The minimum absolute atomic E-state index is 0.0230. The summed E-state index contributed by atoms with van der Waals surface area (Å²) >= 11 is 9.19. The molecule has 0 spiro atoms. The van der Waals surface area contributed by atoms with Gasteiger partial charge in [0.1, 0.15) is 5.82 Å². The average Bonchev–Trinajstić information content (AvgIpc) is 2.85. The van der Waals surface area contributed by atoms with Gasteiger partial charge in [-0.05, 0) is 30.3 Å². The Kier molecular flexibility index (Phi) is 3.69. The molecule has 0 aliphatic rings. The summed E-state index contributed by atoms with van der Waals surface area (Å²) in [5.74, 6) is -0.0253. The fraction of sp³-hybridized carbons (Fsp3) is 0. The van der Waals surface area contributed by atoms with Crippen LogP contribution in [0.5, 0.6) is 0 Å². The first kappa shape index (κ1) is 14.1. The zero-order valence-electron chi connectivity index (χ0n) is 10.6. The highest BCUT2D eigenvalue weighted by Gasteiger charge is 2.21. The third kappa shape index (κ3) is 2.54. The van der Waals surface area contributed by atoms with Crippen LogP contribution in [0.1, 0.15) is 0 Å². The highest BCUT2D eigenvalue weighted by molar-refractivity contribution is 9.10. The maximum atomic E-state index is 14.2. The predicted molar refractivity (Wildman–Crippen MR) is 84.5 cm³/mol. The fourth-order valence-electron chi connectivity index (χ4n) is 2.06. The molecule has 3 nitrogen and oxygen atoms in total. The van der Waals surface area contributed by atoms with Crippen molar-refractivity contribution in [1.29, 1.82) is 0 Å². The van der Waals surface area contributed by atoms with Crippen molar-refractivity contribution in [3.8, 4) is 22.5 Å². The molecule has 0 atom stereocenters. The quantitative estimate of drug-likeness (QED) is 0.682. The molecular formula is C15H9BrClFN2O. The minimum Gasteiger partial charge on any atom is -0.380 e. The molecule has 0 saturated heterocycles. The molecule has 1 aromatic heterocycles. The van der Waals surface area contributed by atoms with Crippen molar-refractivity contribution in [3.05, 3.63) is 57.8 Å². The van der Waals surface area contributed by atoms with Gasteiger partial charge in [-0.2, -0.15) is 0 Å². The molecule has 0 aliphatic carbocycles. The van der Waals surface area contributed by atoms with E-state index in [9.17, 15) is 4.39 Å². The van der Waals surface area contributed by atoms with Crippen LogP contribution >= 0.6 is 27.5 Å². The Morgan fingerprint density at radius 1 is 1.14 bits per heavy atom. The lowest BCUT2D eigenvalue weighted by Gasteiger charge is -2.05. The molecule has 0 bridgehead atoms. The number of aromatic nitrogens is 1. The molecule has 0 aliphatic heterocycles. The lowest BCUT2D eigenvalue weighted by atomic mass is 10.0. The first-order valence-corrected chi connectivity index (χ1v) is 7.20. The Morgan fingerprint density at radius 3 is 2.57 bits per heavy atom. The van der Waals surface area contributed by atoms with E-state index >= 15 is 0 Å². The Labute approximate surface area is 133 Å². The molecule has 0 saturated carbocycles. The van der Waals surface area contributed by atoms with Gasteiger partial charge in [0.15, 0.2) is 11.6 Å². The fourth-order valence-corrected chi connectivity index (χ4v) is 2.50. The summed E-state index contributed by atoms with van der Waals surface area (Å²) < 4.78 is 20.4. The zero-order valence-corrected chi connectivity index (χ0v) is 13.0.